The van der Waals surface area contributed by atoms with E-state index in [2.05, 4.69) is 30.8 Å². The Morgan fingerprint density at radius 2 is 2.00 bits per heavy atom. The standard InChI is InChI=1S/C11H9BrClN3O3S/c1-19-9-3-2-7(6-8(9)12)20(17,18)16-11-5-4-10(13)14-15-11/h2-6H,1H3,(H,15,16). The van der Waals surface area contributed by atoms with E-state index in [9.17, 15) is 8.42 Å². The number of sulfonamides is 1. The topological polar surface area (TPSA) is 81.2 Å². The maximum atomic E-state index is 12.2. The number of halogens is 2. The summed E-state index contributed by atoms with van der Waals surface area (Å²) in [5, 5.41) is 7.38. The third kappa shape index (κ3) is 3.38. The molecular formula is C11H9BrClN3O3S. The fourth-order valence-electron chi connectivity index (χ4n) is 1.38. The number of hydrogen-bond donors (Lipinski definition) is 1. The Balaban J connectivity index is 2.30. The van der Waals surface area contributed by atoms with Crippen LogP contribution in [0.2, 0.25) is 5.15 Å². The first-order valence-electron chi connectivity index (χ1n) is 5.28. The zero-order valence-corrected chi connectivity index (χ0v) is 13.3. The van der Waals surface area contributed by atoms with Gasteiger partial charge in [-0.2, -0.15) is 0 Å². The first kappa shape index (κ1) is 15.0. The predicted molar refractivity (Wildman–Crippen MR) is 78.5 cm³/mol. The van der Waals surface area contributed by atoms with Gasteiger partial charge in [0.05, 0.1) is 16.5 Å². The van der Waals surface area contributed by atoms with Gasteiger partial charge in [-0.1, -0.05) is 11.6 Å². The smallest absolute Gasteiger partial charge is 0.263 e. The summed E-state index contributed by atoms with van der Waals surface area (Å²) in [6, 6.07) is 7.27. The minimum absolute atomic E-state index is 0.0712. The van der Waals surface area contributed by atoms with Crippen molar-refractivity contribution < 1.29 is 13.2 Å². The normalized spacial score (nSPS) is 11.2. The molecule has 0 fully saturated rings. The lowest BCUT2D eigenvalue weighted by molar-refractivity contribution is 0.411. The quantitative estimate of drug-likeness (QED) is 0.884. The van der Waals surface area contributed by atoms with Crippen LogP contribution in [0.25, 0.3) is 0 Å². The molecule has 0 unspecified atom stereocenters. The van der Waals surface area contributed by atoms with Crippen LogP contribution in [0.3, 0.4) is 0 Å². The van der Waals surface area contributed by atoms with Crippen LogP contribution in [0.5, 0.6) is 5.75 Å². The van der Waals surface area contributed by atoms with E-state index in [1.165, 1.54) is 31.4 Å². The van der Waals surface area contributed by atoms with Gasteiger partial charge in [0.1, 0.15) is 5.75 Å². The molecule has 1 N–H and O–H groups in total. The molecule has 0 bridgehead atoms. The lowest BCUT2D eigenvalue weighted by Crippen LogP contribution is -2.14. The van der Waals surface area contributed by atoms with Crippen molar-refractivity contribution in [3.05, 3.63) is 40.0 Å². The van der Waals surface area contributed by atoms with Crippen LogP contribution in [0.4, 0.5) is 5.82 Å². The van der Waals surface area contributed by atoms with E-state index < -0.39 is 10.0 Å². The molecule has 2 aromatic rings. The molecular weight excluding hydrogens is 370 g/mol. The van der Waals surface area contributed by atoms with Gasteiger partial charge < -0.3 is 4.74 Å². The zero-order chi connectivity index (χ0) is 14.8. The molecule has 0 amide bonds. The van der Waals surface area contributed by atoms with E-state index in [0.29, 0.717) is 10.2 Å². The Morgan fingerprint density at radius 3 is 2.55 bits per heavy atom. The molecule has 106 valence electrons. The zero-order valence-electron chi connectivity index (χ0n) is 10.2. The summed E-state index contributed by atoms with van der Waals surface area (Å²) in [5.41, 5.74) is 0. The summed E-state index contributed by atoms with van der Waals surface area (Å²) in [6.45, 7) is 0. The van der Waals surface area contributed by atoms with Gasteiger partial charge in [0.15, 0.2) is 11.0 Å². The minimum Gasteiger partial charge on any atom is -0.496 e. The second-order valence-electron chi connectivity index (χ2n) is 3.64. The maximum Gasteiger partial charge on any atom is 0.263 e. The van der Waals surface area contributed by atoms with Crippen molar-refractivity contribution >= 4 is 43.4 Å². The molecule has 0 aliphatic heterocycles. The van der Waals surface area contributed by atoms with Gasteiger partial charge in [0, 0.05) is 0 Å². The predicted octanol–water partition coefficient (Wildman–Crippen LogP) is 2.70. The van der Waals surface area contributed by atoms with Crippen LogP contribution in [0.15, 0.2) is 39.7 Å². The minimum atomic E-state index is -3.75. The summed E-state index contributed by atoms with van der Waals surface area (Å²) in [5.74, 6) is 0.622. The molecule has 0 radical (unpaired) electrons. The fourth-order valence-corrected chi connectivity index (χ4v) is 3.20. The van der Waals surface area contributed by atoms with E-state index in [4.69, 9.17) is 16.3 Å². The highest BCUT2D eigenvalue weighted by molar-refractivity contribution is 9.10. The number of hydrogen-bond acceptors (Lipinski definition) is 5. The summed E-state index contributed by atoms with van der Waals surface area (Å²) in [4.78, 5) is 0.0712. The van der Waals surface area contributed by atoms with Crippen LogP contribution < -0.4 is 9.46 Å². The van der Waals surface area contributed by atoms with Crippen LogP contribution in [0, 0.1) is 0 Å². The highest BCUT2D eigenvalue weighted by Crippen LogP contribution is 2.28. The molecule has 2 rings (SSSR count). The van der Waals surface area contributed by atoms with Crippen molar-refractivity contribution in [2.24, 2.45) is 0 Å². The first-order chi connectivity index (χ1) is 9.42. The van der Waals surface area contributed by atoms with Crippen molar-refractivity contribution in [3.63, 3.8) is 0 Å². The van der Waals surface area contributed by atoms with Gasteiger partial charge >= 0.3 is 0 Å². The molecule has 1 heterocycles. The molecule has 0 aliphatic rings. The summed E-state index contributed by atoms with van der Waals surface area (Å²) < 4.78 is 32.2. The Bertz CT molecular complexity index is 722. The van der Waals surface area contributed by atoms with Crippen LogP contribution >= 0.6 is 27.5 Å². The summed E-state index contributed by atoms with van der Waals surface area (Å²) in [7, 11) is -2.26. The number of rotatable bonds is 4. The number of aromatic nitrogens is 2. The molecule has 0 aliphatic carbocycles. The third-order valence-electron chi connectivity index (χ3n) is 2.30. The van der Waals surface area contributed by atoms with E-state index in [-0.39, 0.29) is 15.9 Å². The molecule has 20 heavy (non-hydrogen) atoms. The van der Waals surface area contributed by atoms with Crippen molar-refractivity contribution in [3.8, 4) is 5.75 Å². The third-order valence-corrected chi connectivity index (χ3v) is 4.48. The van der Waals surface area contributed by atoms with Gasteiger partial charge in [-0.15, -0.1) is 10.2 Å². The number of benzene rings is 1. The van der Waals surface area contributed by atoms with Gasteiger partial charge in [-0.05, 0) is 46.3 Å². The van der Waals surface area contributed by atoms with E-state index >= 15 is 0 Å². The Kier molecular flexibility index (Phi) is 4.46. The van der Waals surface area contributed by atoms with Crippen molar-refractivity contribution in [1.29, 1.82) is 0 Å². The molecule has 0 saturated carbocycles. The van der Waals surface area contributed by atoms with E-state index in [1.54, 1.807) is 6.07 Å². The lowest BCUT2D eigenvalue weighted by Gasteiger charge is -2.09. The number of methoxy groups -OCH3 is 1. The lowest BCUT2D eigenvalue weighted by atomic mass is 10.3. The Labute approximate surface area is 129 Å². The number of nitrogens with one attached hydrogen (secondary N) is 1. The Morgan fingerprint density at radius 1 is 1.25 bits per heavy atom. The fraction of sp³-hybridized carbons (Fsp3) is 0.0909. The number of anilines is 1. The van der Waals surface area contributed by atoms with Crippen molar-refractivity contribution in [2.45, 2.75) is 4.90 Å². The van der Waals surface area contributed by atoms with Crippen LogP contribution in [-0.2, 0) is 10.0 Å². The largest absolute Gasteiger partial charge is 0.496 e. The highest BCUT2D eigenvalue weighted by Gasteiger charge is 2.16. The number of nitrogens with zero attached hydrogens (tertiary/aromatic N) is 2. The van der Waals surface area contributed by atoms with E-state index in [0.717, 1.165) is 0 Å². The van der Waals surface area contributed by atoms with Crippen LogP contribution in [0.1, 0.15) is 0 Å². The van der Waals surface area contributed by atoms with Gasteiger partial charge in [-0.25, -0.2) is 8.42 Å². The number of ether oxygens (including phenoxy) is 1. The average molecular weight is 379 g/mol. The van der Waals surface area contributed by atoms with Crippen LogP contribution in [-0.4, -0.2) is 25.7 Å². The molecule has 9 heteroatoms. The SMILES string of the molecule is COc1ccc(S(=O)(=O)Nc2ccc(Cl)nn2)cc1Br. The average Bonchev–Trinajstić information content (AvgIpc) is 2.41. The van der Waals surface area contributed by atoms with Gasteiger partial charge in [-0.3, -0.25) is 4.72 Å². The molecule has 6 nitrogen and oxygen atoms in total. The maximum absolute atomic E-state index is 12.2. The second kappa shape index (κ2) is 5.94. The molecule has 0 saturated heterocycles. The van der Waals surface area contributed by atoms with Crippen molar-refractivity contribution in [1.82, 2.24) is 10.2 Å². The van der Waals surface area contributed by atoms with E-state index in [1.807, 2.05) is 0 Å². The van der Waals surface area contributed by atoms with Gasteiger partial charge in [0.2, 0.25) is 0 Å². The summed E-state index contributed by atoms with van der Waals surface area (Å²) in [6.07, 6.45) is 0. The summed E-state index contributed by atoms with van der Waals surface area (Å²) >= 11 is 8.82. The van der Waals surface area contributed by atoms with Crippen molar-refractivity contribution in [2.75, 3.05) is 11.8 Å². The first-order valence-corrected chi connectivity index (χ1v) is 7.93. The highest BCUT2D eigenvalue weighted by atomic mass is 79.9. The molecule has 1 aromatic heterocycles. The Hall–Kier alpha value is -1.38. The molecule has 0 atom stereocenters. The molecule has 1 aromatic carbocycles. The molecule has 0 spiro atoms. The second-order valence-corrected chi connectivity index (χ2v) is 6.57. The van der Waals surface area contributed by atoms with Gasteiger partial charge in [0.25, 0.3) is 10.0 Å². The monoisotopic (exact) mass is 377 g/mol.